The van der Waals surface area contributed by atoms with Gasteiger partial charge in [0.15, 0.2) is 0 Å². The SMILES string of the molecule is NC(=O)c1ccc(CN2CCN(Cc3cccc(C(F)(F)F)c3)CC2)cc1. The highest BCUT2D eigenvalue weighted by atomic mass is 19.4. The number of rotatable bonds is 5. The fraction of sp³-hybridized carbons (Fsp3) is 0.350. The van der Waals surface area contributed by atoms with Gasteiger partial charge in [-0.05, 0) is 29.3 Å². The Morgan fingerprint density at radius 2 is 1.44 bits per heavy atom. The number of amides is 1. The lowest BCUT2D eigenvalue weighted by atomic mass is 10.1. The van der Waals surface area contributed by atoms with E-state index in [4.69, 9.17) is 5.73 Å². The minimum absolute atomic E-state index is 0.440. The molecule has 0 aliphatic carbocycles. The Bertz CT molecular complexity index is 782. The van der Waals surface area contributed by atoms with Crippen LogP contribution in [-0.4, -0.2) is 41.9 Å². The van der Waals surface area contributed by atoms with Crippen LogP contribution in [0.15, 0.2) is 48.5 Å². The van der Waals surface area contributed by atoms with Gasteiger partial charge in [0.25, 0.3) is 0 Å². The van der Waals surface area contributed by atoms with Crippen molar-refractivity contribution in [1.29, 1.82) is 0 Å². The summed E-state index contributed by atoms with van der Waals surface area (Å²) in [5.74, 6) is -0.440. The predicted octanol–water partition coefficient (Wildman–Crippen LogP) is 3.12. The molecule has 2 aromatic rings. The smallest absolute Gasteiger partial charge is 0.366 e. The zero-order chi connectivity index (χ0) is 19.4. The van der Waals surface area contributed by atoms with E-state index in [-0.39, 0.29) is 0 Å². The molecule has 0 spiro atoms. The normalized spacial score (nSPS) is 16.4. The molecule has 7 heteroatoms. The molecule has 1 fully saturated rings. The molecule has 144 valence electrons. The molecule has 0 radical (unpaired) electrons. The number of carbonyl (C=O) groups is 1. The second-order valence-electron chi connectivity index (χ2n) is 6.81. The monoisotopic (exact) mass is 377 g/mol. The van der Waals surface area contributed by atoms with Crippen molar-refractivity contribution in [3.63, 3.8) is 0 Å². The number of alkyl halides is 3. The third-order valence-corrected chi connectivity index (χ3v) is 4.77. The molecule has 4 nitrogen and oxygen atoms in total. The van der Waals surface area contributed by atoms with Crippen LogP contribution >= 0.6 is 0 Å². The number of carbonyl (C=O) groups excluding carboxylic acids is 1. The minimum Gasteiger partial charge on any atom is -0.366 e. The van der Waals surface area contributed by atoms with Crippen LogP contribution in [0.25, 0.3) is 0 Å². The zero-order valence-corrected chi connectivity index (χ0v) is 14.9. The van der Waals surface area contributed by atoms with Crippen molar-refractivity contribution in [3.05, 3.63) is 70.8 Å². The Morgan fingerprint density at radius 3 is 1.96 bits per heavy atom. The van der Waals surface area contributed by atoms with Crippen LogP contribution in [0.2, 0.25) is 0 Å². The second-order valence-corrected chi connectivity index (χ2v) is 6.81. The molecule has 1 heterocycles. The summed E-state index contributed by atoms with van der Waals surface area (Å²) in [5, 5.41) is 0. The van der Waals surface area contributed by atoms with E-state index in [2.05, 4.69) is 9.80 Å². The molecule has 2 aromatic carbocycles. The van der Waals surface area contributed by atoms with E-state index in [0.717, 1.165) is 44.4 Å². The van der Waals surface area contributed by atoms with Gasteiger partial charge in [0, 0.05) is 44.8 Å². The van der Waals surface area contributed by atoms with Crippen molar-refractivity contribution in [1.82, 2.24) is 9.80 Å². The molecule has 1 amide bonds. The minimum atomic E-state index is -4.31. The zero-order valence-electron chi connectivity index (χ0n) is 14.9. The van der Waals surface area contributed by atoms with E-state index in [9.17, 15) is 18.0 Å². The second kappa shape index (κ2) is 8.10. The van der Waals surface area contributed by atoms with Crippen molar-refractivity contribution in [2.45, 2.75) is 19.3 Å². The van der Waals surface area contributed by atoms with Gasteiger partial charge < -0.3 is 5.73 Å². The Hall–Kier alpha value is -2.38. The number of primary amides is 1. The summed E-state index contributed by atoms with van der Waals surface area (Å²) in [5.41, 5.74) is 6.92. The van der Waals surface area contributed by atoms with Gasteiger partial charge >= 0.3 is 6.18 Å². The molecule has 0 saturated carbocycles. The number of halogens is 3. The van der Waals surface area contributed by atoms with Crippen molar-refractivity contribution in [2.75, 3.05) is 26.2 Å². The number of piperazine rings is 1. The number of hydrogen-bond donors (Lipinski definition) is 1. The largest absolute Gasteiger partial charge is 0.416 e. The molecular formula is C20H22F3N3O. The van der Waals surface area contributed by atoms with Crippen LogP contribution < -0.4 is 5.73 Å². The van der Waals surface area contributed by atoms with E-state index in [1.165, 1.54) is 12.1 Å². The summed E-state index contributed by atoms with van der Waals surface area (Å²) in [7, 11) is 0. The quantitative estimate of drug-likeness (QED) is 0.871. The maximum atomic E-state index is 12.8. The van der Waals surface area contributed by atoms with Crippen molar-refractivity contribution in [2.24, 2.45) is 5.73 Å². The molecule has 1 aliphatic heterocycles. The molecule has 3 rings (SSSR count). The van der Waals surface area contributed by atoms with Gasteiger partial charge in [-0.25, -0.2) is 0 Å². The summed E-state index contributed by atoms with van der Waals surface area (Å²) in [6.45, 7) is 4.58. The van der Waals surface area contributed by atoms with Crippen molar-refractivity contribution in [3.8, 4) is 0 Å². The molecule has 2 N–H and O–H groups in total. The molecular weight excluding hydrogens is 355 g/mol. The highest BCUT2D eigenvalue weighted by molar-refractivity contribution is 5.92. The van der Waals surface area contributed by atoms with E-state index < -0.39 is 17.6 Å². The number of hydrogen-bond acceptors (Lipinski definition) is 3. The van der Waals surface area contributed by atoms with Crippen LogP contribution in [0.1, 0.15) is 27.0 Å². The first-order valence-corrected chi connectivity index (χ1v) is 8.81. The van der Waals surface area contributed by atoms with Gasteiger partial charge in [0.05, 0.1) is 5.56 Å². The van der Waals surface area contributed by atoms with Crippen molar-refractivity contribution < 1.29 is 18.0 Å². The summed E-state index contributed by atoms with van der Waals surface area (Å²) < 4.78 is 38.5. The standard InChI is InChI=1S/C20H22F3N3O/c21-20(22,23)18-3-1-2-16(12-18)14-26-10-8-25(9-11-26)13-15-4-6-17(7-5-15)19(24)27/h1-7,12H,8-11,13-14H2,(H2,24,27). The number of nitrogens with two attached hydrogens (primary N) is 1. The summed E-state index contributed by atoms with van der Waals surface area (Å²) in [6, 6.07) is 12.8. The Labute approximate surface area is 156 Å². The van der Waals surface area contributed by atoms with Crippen LogP contribution in [0, 0.1) is 0 Å². The maximum Gasteiger partial charge on any atom is 0.416 e. The van der Waals surface area contributed by atoms with E-state index >= 15 is 0 Å². The Balaban J connectivity index is 1.51. The van der Waals surface area contributed by atoms with E-state index in [1.807, 2.05) is 12.1 Å². The predicted molar refractivity (Wildman–Crippen MR) is 97.0 cm³/mol. The van der Waals surface area contributed by atoms with Crippen LogP contribution in [0.3, 0.4) is 0 Å². The maximum absolute atomic E-state index is 12.8. The lowest BCUT2D eigenvalue weighted by Crippen LogP contribution is -2.45. The third-order valence-electron chi connectivity index (χ3n) is 4.77. The fourth-order valence-corrected chi connectivity index (χ4v) is 3.24. The Morgan fingerprint density at radius 1 is 0.889 bits per heavy atom. The van der Waals surface area contributed by atoms with E-state index in [0.29, 0.717) is 17.7 Å². The van der Waals surface area contributed by atoms with Crippen LogP contribution in [-0.2, 0) is 19.3 Å². The first kappa shape index (κ1) is 19.4. The van der Waals surface area contributed by atoms with Crippen molar-refractivity contribution >= 4 is 5.91 Å². The van der Waals surface area contributed by atoms with Crippen LogP contribution in [0.4, 0.5) is 13.2 Å². The average Bonchev–Trinajstić information content (AvgIpc) is 2.63. The highest BCUT2D eigenvalue weighted by Crippen LogP contribution is 2.29. The van der Waals surface area contributed by atoms with Crippen LogP contribution in [0.5, 0.6) is 0 Å². The van der Waals surface area contributed by atoms with E-state index in [1.54, 1.807) is 18.2 Å². The first-order chi connectivity index (χ1) is 12.8. The number of benzene rings is 2. The average molecular weight is 377 g/mol. The highest BCUT2D eigenvalue weighted by Gasteiger charge is 2.30. The summed E-state index contributed by atoms with van der Waals surface area (Å²) >= 11 is 0. The molecule has 1 aliphatic rings. The Kier molecular flexibility index (Phi) is 5.82. The molecule has 1 saturated heterocycles. The molecule has 0 bridgehead atoms. The van der Waals surface area contributed by atoms with Gasteiger partial charge in [-0.15, -0.1) is 0 Å². The molecule has 27 heavy (non-hydrogen) atoms. The lowest BCUT2D eigenvalue weighted by molar-refractivity contribution is -0.137. The van der Waals surface area contributed by atoms with Gasteiger partial charge in [0.1, 0.15) is 0 Å². The van der Waals surface area contributed by atoms with Gasteiger partial charge in [-0.1, -0.05) is 30.3 Å². The topological polar surface area (TPSA) is 49.6 Å². The van der Waals surface area contributed by atoms with Gasteiger partial charge in [-0.2, -0.15) is 13.2 Å². The van der Waals surface area contributed by atoms with Gasteiger partial charge in [-0.3, -0.25) is 14.6 Å². The fourth-order valence-electron chi connectivity index (χ4n) is 3.24. The summed E-state index contributed by atoms with van der Waals surface area (Å²) in [4.78, 5) is 15.6. The molecule has 0 unspecified atom stereocenters. The number of nitrogens with zero attached hydrogens (tertiary/aromatic N) is 2. The first-order valence-electron chi connectivity index (χ1n) is 8.81. The third kappa shape index (κ3) is 5.30. The summed E-state index contributed by atoms with van der Waals surface area (Å²) in [6.07, 6.45) is -4.31. The van der Waals surface area contributed by atoms with Gasteiger partial charge in [0.2, 0.25) is 5.91 Å². The molecule has 0 atom stereocenters. The lowest BCUT2D eigenvalue weighted by Gasteiger charge is -2.34. The molecule has 0 aromatic heterocycles.